The van der Waals surface area contributed by atoms with Crippen molar-refractivity contribution in [3.63, 3.8) is 0 Å². The maximum Gasteiger partial charge on any atom is 0.227 e. The molecule has 0 bridgehead atoms. The largest absolute Gasteiger partial charge is 0.356 e. The molecule has 2 saturated heterocycles. The molecule has 6 nitrogen and oxygen atoms in total. The highest BCUT2D eigenvalue weighted by Gasteiger charge is 2.35. The third-order valence-electron chi connectivity index (χ3n) is 5.36. The molecule has 2 aromatic heterocycles. The Bertz CT molecular complexity index is 687. The molecule has 2 atom stereocenters. The highest BCUT2D eigenvalue weighted by atomic mass is 16.2. The number of hydrogen-bond donors (Lipinski definition) is 0. The smallest absolute Gasteiger partial charge is 0.227 e. The van der Waals surface area contributed by atoms with E-state index in [-0.39, 0.29) is 12.0 Å². The van der Waals surface area contributed by atoms with Crippen LogP contribution in [0.1, 0.15) is 25.7 Å². The normalized spacial score (nSPS) is 23.8. The molecular weight excluding hydrogens is 314 g/mol. The first kappa shape index (κ1) is 16.1. The van der Waals surface area contributed by atoms with Crippen LogP contribution in [-0.2, 0) is 11.3 Å². The second-order valence-electron chi connectivity index (χ2n) is 7.03. The van der Waals surface area contributed by atoms with Crippen molar-refractivity contribution in [2.75, 3.05) is 24.5 Å². The van der Waals surface area contributed by atoms with Gasteiger partial charge in [-0.1, -0.05) is 6.07 Å². The first-order chi connectivity index (χ1) is 12.3. The lowest BCUT2D eigenvalue weighted by Crippen LogP contribution is -2.47. The zero-order chi connectivity index (χ0) is 17.1. The van der Waals surface area contributed by atoms with Gasteiger partial charge in [0, 0.05) is 38.2 Å². The van der Waals surface area contributed by atoms with E-state index in [1.165, 1.54) is 0 Å². The Morgan fingerprint density at radius 3 is 2.84 bits per heavy atom. The predicted molar refractivity (Wildman–Crippen MR) is 96.1 cm³/mol. The minimum absolute atomic E-state index is 0.0778. The predicted octanol–water partition coefficient (Wildman–Crippen LogP) is 2.19. The van der Waals surface area contributed by atoms with Crippen molar-refractivity contribution in [3.05, 3.63) is 42.9 Å². The molecule has 6 heteroatoms. The van der Waals surface area contributed by atoms with Crippen LogP contribution in [0.5, 0.6) is 0 Å². The highest BCUT2D eigenvalue weighted by Crippen LogP contribution is 2.27. The number of anilines is 1. The van der Waals surface area contributed by atoms with Gasteiger partial charge in [-0.3, -0.25) is 9.48 Å². The Kier molecular flexibility index (Phi) is 4.68. The monoisotopic (exact) mass is 339 g/mol. The Labute approximate surface area is 148 Å². The lowest BCUT2D eigenvalue weighted by Gasteiger charge is -2.36. The molecular formula is C19H25N5O. The first-order valence-electron chi connectivity index (χ1n) is 9.25. The van der Waals surface area contributed by atoms with Gasteiger partial charge in [0.15, 0.2) is 0 Å². The highest BCUT2D eigenvalue weighted by molar-refractivity contribution is 5.80. The van der Waals surface area contributed by atoms with Gasteiger partial charge in [-0.2, -0.15) is 5.10 Å². The lowest BCUT2D eigenvalue weighted by molar-refractivity contribution is -0.136. The third kappa shape index (κ3) is 3.52. The zero-order valence-corrected chi connectivity index (χ0v) is 14.5. The van der Waals surface area contributed by atoms with Crippen molar-refractivity contribution < 1.29 is 4.79 Å². The molecule has 4 heterocycles. The Morgan fingerprint density at radius 1 is 1.12 bits per heavy atom. The summed E-state index contributed by atoms with van der Waals surface area (Å²) >= 11 is 0. The quantitative estimate of drug-likeness (QED) is 0.857. The second-order valence-corrected chi connectivity index (χ2v) is 7.03. The van der Waals surface area contributed by atoms with E-state index in [2.05, 4.69) is 19.9 Å². The maximum atomic E-state index is 13.2. The molecule has 132 valence electrons. The number of carbonyl (C=O) groups is 1. The average Bonchev–Trinajstić information content (AvgIpc) is 3.34. The molecule has 0 spiro atoms. The van der Waals surface area contributed by atoms with E-state index >= 15 is 0 Å². The zero-order valence-electron chi connectivity index (χ0n) is 14.5. The number of amides is 1. The number of likely N-dealkylation sites (tertiary alicyclic amines) is 1. The summed E-state index contributed by atoms with van der Waals surface area (Å²) in [6.45, 7) is 3.44. The van der Waals surface area contributed by atoms with E-state index in [4.69, 9.17) is 0 Å². The number of pyridine rings is 1. The molecule has 0 radical (unpaired) electrons. The Balaban J connectivity index is 1.42. The van der Waals surface area contributed by atoms with Crippen LogP contribution < -0.4 is 4.90 Å². The van der Waals surface area contributed by atoms with E-state index in [0.29, 0.717) is 5.91 Å². The molecule has 0 saturated carbocycles. The second kappa shape index (κ2) is 7.25. The lowest BCUT2D eigenvalue weighted by atomic mass is 9.96. The van der Waals surface area contributed by atoms with Crippen LogP contribution in [0.25, 0.3) is 0 Å². The summed E-state index contributed by atoms with van der Waals surface area (Å²) in [5.74, 6) is 1.37. The number of carbonyl (C=O) groups excluding carboxylic acids is 1. The summed E-state index contributed by atoms with van der Waals surface area (Å²) in [7, 11) is 0. The minimum Gasteiger partial charge on any atom is -0.356 e. The van der Waals surface area contributed by atoms with Crippen LogP contribution in [0.2, 0.25) is 0 Å². The Hall–Kier alpha value is -2.37. The number of hydrogen-bond acceptors (Lipinski definition) is 4. The van der Waals surface area contributed by atoms with Crippen LogP contribution in [-0.4, -0.2) is 51.2 Å². The molecule has 0 aromatic carbocycles. The number of nitrogens with zero attached hydrogens (tertiary/aromatic N) is 5. The summed E-state index contributed by atoms with van der Waals surface area (Å²) in [6.07, 6.45) is 9.78. The average molecular weight is 339 g/mol. The van der Waals surface area contributed by atoms with Crippen LogP contribution in [0.15, 0.2) is 42.9 Å². The molecule has 2 aliphatic heterocycles. The number of aromatic nitrogens is 3. The Morgan fingerprint density at radius 2 is 2.04 bits per heavy atom. The summed E-state index contributed by atoms with van der Waals surface area (Å²) in [5.41, 5.74) is 0. The van der Waals surface area contributed by atoms with Gasteiger partial charge in [-0.25, -0.2) is 4.98 Å². The van der Waals surface area contributed by atoms with E-state index in [1.54, 1.807) is 6.20 Å². The summed E-state index contributed by atoms with van der Waals surface area (Å²) in [4.78, 5) is 22.0. The molecule has 25 heavy (non-hydrogen) atoms. The SMILES string of the molecule is O=C([C@@H]1CCCN(c2ccccn2)C1)N1CCC[C@H]1Cn1cccn1. The van der Waals surface area contributed by atoms with Crippen molar-refractivity contribution in [1.29, 1.82) is 0 Å². The minimum atomic E-state index is 0.0778. The van der Waals surface area contributed by atoms with Crippen molar-refractivity contribution >= 4 is 11.7 Å². The molecule has 2 fully saturated rings. The summed E-state index contributed by atoms with van der Waals surface area (Å²) in [5, 5.41) is 4.30. The van der Waals surface area contributed by atoms with E-state index < -0.39 is 0 Å². The van der Waals surface area contributed by atoms with Crippen LogP contribution in [0, 0.1) is 5.92 Å². The summed E-state index contributed by atoms with van der Waals surface area (Å²) in [6, 6.07) is 8.18. The van der Waals surface area contributed by atoms with Crippen LogP contribution in [0.3, 0.4) is 0 Å². The molecule has 2 aliphatic rings. The molecule has 4 rings (SSSR count). The van der Waals surface area contributed by atoms with Gasteiger partial charge in [-0.05, 0) is 43.9 Å². The third-order valence-corrected chi connectivity index (χ3v) is 5.36. The fourth-order valence-electron chi connectivity index (χ4n) is 4.10. The number of piperidine rings is 1. The summed E-state index contributed by atoms with van der Waals surface area (Å²) < 4.78 is 1.94. The molecule has 1 amide bonds. The topological polar surface area (TPSA) is 54.3 Å². The van der Waals surface area contributed by atoms with Gasteiger partial charge < -0.3 is 9.80 Å². The van der Waals surface area contributed by atoms with E-state index in [1.807, 2.05) is 41.3 Å². The van der Waals surface area contributed by atoms with Crippen molar-refractivity contribution in [3.8, 4) is 0 Å². The van der Waals surface area contributed by atoms with Crippen molar-refractivity contribution in [2.24, 2.45) is 5.92 Å². The van der Waals surface area contributed by atoms with Gasteiger partial charge in [0.2, 0.25) is 5.91 Å². The first-order valence-corrected chi connectivity index (χ1v) is 9.25. The fraction of sp³-hybridized carbons (Fsp3) is 0.526. The molecule has 0 aliphatic carbocycles. The van der Waals surface area contributed by atoms with Gasteiger partial charge in [0.25, 0.3) is 0 Å². The van der Waals surface area contributed by atoms with Gasteiger partial charge in [-0.15, -0.1) is 0 Å². The maximum absolute atomic E-state index is 13.2. The van der Waals surface area contributed by atoms with E-state index in [9.17, 15) is 4.79 Å². The van der Waals surface area contributed by atoms with Gasteiger partial charge in [0.1, 0.15) is 5.82 Å². The fourth-order valence-corrected chi connectivity index (χ4v) is 4.10. The molecule has 2 aromatic rings. The van der Waals surface area contributed by atoms with Crippen LogP contribution >= 0.6 is 0 Å². The molecule has 0 N–H and O–H groups in total. The van der Waals surface area contributed by atoms with Gasteiger partial charge in [0.05, 0.1) is 18.5 Å². The van der Waals surface area contributed by atoms with Crippen molar-refractivity contribution in [1.82, 2.24) is 19.7 Å². The number of rotatable bonds is 4. The van der Waals surface area contributed by atoms with Crippen LogP contribution in [0.4, 0.5) is 5.82 Å². The molecule has 0 unspecified atom stereocenters. The van der Waals surface area contributed by atoms with E-state index in [0.717, 1.165) is 57.7 Å². The van der Waals surface area contributed by atoms with Gasteiger partial charge >= 0.3 is 0 Å². The standard InChI is InChI=1S/C19H25N5O/c25-19(24-13-4-7-17(24)15-23-12-5-10-21-23)16-6-3-11-22(14-16)18-8-1-2-9-20-18/h1-2,5,8-10,12,16-17H,3-4,6-7,11,13-15H2/t16-,17+/m1/s1. The van der Waals surface area contributed by atoms with Crippen molar-refractivity contribution in [2.45, 2.75) is 38.3 Å².